The van der Waals surface area contributed by atoms with Crippen molar-refractivity contribution in [2.24, 2.45) is 11.8 Å². The molecule has 0 spiro atoms. The molecule has 1 aliphatic carbocycles. The van der Waals surface area contributed by atoms with E-state index in [4.69, 9.17) is 4.74 Å². The molecule has 1 aromatic rings. The average Bonchev–Trinajstić information content (AvgIpc) is 2.94. The lowest BCUT2D eigenvalue weighted by molar-refractivity contribution is -0.141. The van der Waals surface area contributed by atoms with Gasteiger partial charge in [-0.15, -0.1) is 0 Å². The van der Waals surface area contributed by atoms with Crippen LogP contribution >= 0.6 is 0 Å². The van der Waals surface area contributed by atoms with Crippen molar-refractivity contribution in [3.05, 3.63) is 35.9 Å². The summed E-state index contributed by atoms with van der Waals surface area (Å²) in [4.78, 5) is 40.9. The van der Waals surface area contributed by atoms with Crippen molar-refractivity contribution in [1.29, 1.82) is 0 Å². The predicted molar refractivity (Wildman–Crippen MR) is 101 cm³/mol. The number of benzene rings is 1. The van der Waals surface area contributed by atoms with Crippen LogP contribution in [0, 0.1) is 11.8 Å². The summed E-state index contributed by atoms with van der Waals surface area (Å²) in [5.41, 5.74) is 1.04. The SMILES string of the molecule is COCCN(Cc1ccccc1)C(=O)CCN1C(=O)C2CCCCC2C1=O. The normalized spacial score (nSPS) is 22.0. The number of hydrogen-bond donors (Lipinski definition) is 0. The lowest BCUT2D eigenvalue weighted by Crippen LogP contribution is -2.38. The maximum absolute atomic E-state index is 12.8. The molecule has 2 unspecified atom stereocenters. The molecule has 0 radical (unpaired) electrons. The van der Waals surface area contributed by atoms with Crippen molar-refractivity contribution in [3.8, 4) is 0 Å². The number of carbonyl (C=O) groups is 3. The third kappa shape index (κ3) is 4.56. The molecule has 0 aromatic heterocycles. The van der Waals surface area contributed by atoms with Crippen LogP contribution in [0.15, 0.2) is 30.3 Å². The summed E-state index contributed by atoms with van der Waals surface area (Å²) in [6, 6.07) is 9.78. The van der Waals surface area contributed by atoms with Crippen LogP contribution in [0.2, 0.25) is 0 Å². The molecule has 2 fully saturated rings. The van der Waals surface area contributed by atoms with Gasteiger partial charge in [-0.2, -0.15) is 0 Å². The summed E-state index contributed by atoms with van der Waals surface area (Å²) in [7, 11) is 1.61. The van der Waals surface area contributed by atoms with Crippen molar-refractivity contribution < 1.29 is 19.1 Å². The third-order valence-corrected chi connectivity index (χ3v) is 5.62. The smallest absolute Gasteiger partial charge is 0.233 e. The first-order valence-electron chi connectivity index (χ1n) is 9.77. The number of imide groups is 1. The van der Waals surface area contributed by atoms with Gasteiger partial charge in [0, 0.05) is 33.2 Å². The van der Waals surface area contributed by atoms with Crippen LogP contribution in [-0.4, -0.2) is 54.3 Å². The van der Waals surface area contributed by atoms with Gasteiger partial charge < -0.3 is 9.64 Å². The van der Waals surface area contributed by atoms with Gasteiger partial charge in [0.05, 0.1) is 18.4 Å². The molecule has 1 saturated carbocycles. The molecule has 3 amide bonds. The number of fused-ring (bicyclic) bond motifs is 1. The van der Waals surface area contributed by atoms with Crippen LogP contribution in [0.4, 0.5) is 0 Å². The molecule has 0 bridgehead atoms. The highest BCUT2D eigenvalue weighted by molar-refractivity contribution is 6.05. The van der Waals surface area contributed by atoms with Gasteiger partial charge in [0.1, 0.15) is 0 Å². The minimum absolute atomic E-state index is 0.0635. The molecule has 2 atom stereocenters. The topological polar surface area (TPSA) is 66.9 Å². The second-order valence-electron chi connectivity index (χ2n) is 7.37. The highest BCUT2D eigenvalue weighted by Crippen LogP contribution is 2.38. The van der Waals surface area contributed by atoms with Crippen molar-refractivity contribution in [2.45, 2.75) is 38.6 Å². The van der Waals surface area contributed by atoms with E-state index in [2.05, 4.69) is 0 Å². The first-order chi connectivity index (χ1) is 13.1. The van der Waals surface area contributed by atoms with E-state index >= 15 is 0 Å². The lowest BCUT2D eigenvalue weighted by atomic mass is 9.81. The van der Waals surface area contributed by atoms with E-state index in [0.717, 1.165) is 31.2 Å². The zero-order valence-corrected chi connectivity index (χ0v) is 15.9. The van der Waals surface area contributed by atoms with E-state index < -0.39 is 0 Å². The first-order valence-corrected chi connectivity index (χ1v) is 9.77. The van der Waals surface area contributed by atoms with E-state index in [9.17, 15) is 14.4 Å². The molecule has 0 N–H and O–H groups in total. The highest BCUT2D eigenvalue weighted by Gasteiger charge is 2.47. The Balaban J connectivity index is 1.59. The van der Waals surface area contributed by atoms with Gasteiger partial charge in [0.25, 0.3) is 0 Å². The Bertz CT molecular complexity index is 652. The molecule has 27 heavy (non-hydrogen) atoms. The molecular weight excluding hydrogens is 344 g/mol. The second-order valence-corrected chi connectivity index (χ2v) is 7.37. The van der Waals surface area contributed by atoms with Crippen molar-refractivity contribution in [1.82, 2.24) is 9.80 Å². The zero-order valence-electron chi connectivity index (χ0n) is 15.9. The van der Waals surface area contributed by atoms with Gasteiger partial charge in [-0.3, -0.25) is 19.3 Å². The first kappa shape index (κ1) is 19.5. The van der Waals surface area contributed by atoms with Crippen LogP contribution in [-0.2, 0) is 25.7 Å². The number of nitrogens with zero attached hydrogens (tertiary/aromatic N) is 2. The van der Waals surface area contributed by atoms with Crippen molar-refractivity contribution >= 4 is 17.7 Å². The van der Waals surface area contributed by atoms with Gasteiger partial charge in [-0.05, 0) is 18.4 Å². The summed E-state index contributed by atoms with van der Waals surface area (Å²) >= 11 is 0. The average molecular weight is 372 g/mol. The lowest BCUT2D eigenvalue weighted by Gasteiger charge is -2.24. The molecule has 6 heteroatoms. The Labute approximate surface area is 160 Å². The Morgan fingerprint density at radius 2 is 1.74 bits per heavy atom. The molecule has 1 aromatic carbocycles. The quantitative estimate of drug-likeness (QED) is 0.657. The predicted octanol–water partition coefficient (Wildman–Crippen LogP) is 2.23. The molecular formula is C21H28N2O4. The molecule has 1 aliphatic heterocycles. The van der Waals surface area contributed by atoms with E-state index in [1.165, 1.54) is 4.90 Å². The molecule has 3 rings (SSSR count). The fourth-order valence-corrected chi connectivity index (χ4v) is 4.11. The Morgan fingerprint density at radius 3 is 2.33 bits per heavy atom. The van der Waals surface area contributed by atoms with Gasteiger partial charge >= 0.3 is 0 Å². The molecule has 2 aliphatic rings. The van der Waals surface area contributed by atoms with Gasteiger partial charge in [0.15, 0.2) is 0 Å². The second kappa shape index (κ2) is 9.13. The Hall–Kier alpha value is -2.21. The van der Waals surface area contributed by atoms with Crippen LogP contribution < -0.4 is 0 Å². The number of methoxy groups -OCH3 is 1. The molecule has 146 valence electrons. The van der Waals surface area contributed by atoms with E-state index in [1.54, 1.807) is 12.0 Å². The number of rotatable bonds is 8. The maximum Gasteiger partial charge on any atom is 0.233 e. The fourth-order valence-electron chi connectivity index (χ4n) is 4.11. The van der Waals surface area contributed by atoms with Crippen LogP contribution in [0.5, 0.6) is 0 Å². The maximum atomic E-state index is 12.8. The van der Waals surface area contributed by atoms with Gasteiger partial charge in [-0.1, -0.05) is 43.2 Å². The minimum atomic E-state index is -0.157. The molecule has 6 nitrogen and oxygen atoms in total. The molecule has 1 heterocycles. The van der Waals surface area contributed by atoms with Crippen molar-refractivity contribution in [2.75, 3.05) is 26.8 Å². The third-order valence-electron chi connectivity index (χ3n) is 5.62. The number of amides is 3. The van der Waals surface area contributed by atoms with Gasteiger partial charge in [0.2, 0.25) is 17.7 Å². The van der Waals surface area contributed by atoms with Crippen LogP contribution in [0.25, 0.3) is 0 Å². The zero-order chi connectivity index (χ0) is 19.2. The van der Waals surface area contributed by atoms with Crippen molar-refractivity contribution in [3.63, 3.8) is 0 Å². The minimum Gasteiger partial charge on any atom is -0.383 e. The van der Waals surface area contributed by atoms with Gasteiger partial charge in [-0.25, -0.2) is 0 Å². The number of ether oxygens (including phenoxy) is 1. The summed E-state index contributed by atoms with van der Waals surface area (Å²) in [5, 5.41) is 0. The standard InChI is InChI=1S/C21H28N2O4/c1-27-14-13-22(15-16-7-3-2-4-8-16)19(24)11-12-23-20(25)17-9-5-6-10-18(17)21(23)26/h2-4,7-8,17-18H,5-6,9-15H2,1H3. The Kier molecular flexibility index (Phi) is 6.61. The van der Waals surface area contributed by atoms with Crippen LogP contribution in [0.1, 0.15) is 37.7 Å². The summed E-state index contributed by atoms with van der Waals surface area (Å²) in [5.74, 6) is -0.537. The molecule has 1 saturated heterocycles. The number of carbonyl (C=O) groups excluding carboxylic acids is 3. The number of hydrogen-bond acceptors (Lipinski definition) is 4. The largest absolute Gasteiger partial charge is 0.383 e. The van der Waals surface area contributed by atoms with E-state index in [1.807, 2.05) is 30.3 Å². The van der Waals surface area contributed by atoms with Crippen LogP contribution in [0.3, 0.4) is 0 Å². The summed E-state index contributed by atoms with van der Waals surface area (Å²) in [6.07, 6.45) is 3.78. The summed E-state index contributed by atoms with van der Waals surface area (Å²) < 4.78 is 5.12. The van der Waals surface area contributed by atoms with E-state index in [-0.39, 0.29) is 42.5 Å². The summed E-state index contributed by atoms with van der Waals surface area (Å²) in [6.45, 7) is 1.61. The van der Waals surface area contributed by atoms with E-state index in [0.29, 0.717) is 19.7 Å². The Morgan fingerprint density at radius 1 is 1.11 bits per heavy atom. The highest BCUT2D eigenvalue weighted by atomic mass is 16.5. The monoisotopic (exact) mass is 372 g/mol. The fraction of sp³-hybridized carbons (Fsp3) is 0.571. The number of likely N-dealkylation sites (tertiary alicyclic amines) is 1.